The molecule has 4 heterocycles. The lowest BCUT2D eigenvalue weighted by molar-refractivity contribution is -0.384. The number of rotatable bonds is 2. The molecule has 0 radical (unpaired) electrons. The molecule has 3 aromatic rings. The molecule has 2 aromatic carbocycles. The highest BCUT2D eigenvalue weighted by Gasteiger charge is 2.20. The van der Waals surface area contributed by atoms with E-state index in [1.807, 2.05) is 12.1 Å². The topological polar surface area (TPSA) is 132 Å². The molecule has 0 aliphatic carbocycles. The summed E-state index contributed by atoms with van der Waals surface area (Å²) in [5.74, 6) is -0.0530. The molecule has 1 fully saturated rings. The van der Waals surface area contributed by atoms with Crippen molar-refractivity contribution < 1.29 is 19.2 Å². The summed E-state index contributed by atoms with van der Waals surface area (Å²) in [7, 11) is 0. The van der Waals surface area contributed by atoms with E-state index < -0.39 is 4.92 Å². The zero-order chi connectivity index (χ0) is 25.6. The highest BCUT2D eigenvalue weighted by atomic mass is 16.6. The number of nitrogens with one attached hydrogen (secondary N) is 2. The predicted molar refractivity (Wildman–Crippen MR) is 138 cm³/mol. The number of ether oxygens (including phenoxy) is 2. The van der Waals surface area contributed by atoms with E-state index in [0.717, 1.165) is 42.9 Å². The Labute approximate surface area is 214 Å². The van der Waals surface area contributed by atoms with Crippen molar-refractivity contribution in [2.24, 2.45) is 0 Å². The van der Waals surface area contributed by atoms with Gasteiger partial charge in [0.05, 0.1) is 36.0 Å². The Bertz CT molecular complexity index is 1290. The zero-order valence-electron chi connectivity index (χ0n) is 20.3. The van der Waals surface area contributed by atoms with Crippen LogP contribution in [0.2, 0.25) is 0 Å². The number of nitrogens with zero attached hydrogens (tertiary/aromatic N) is 4. The van der Waals surface area contributed by atoms with Crippen LogP contribution in [0.25, 0.3) is 11.3 Å². The molecule has 11 heteroatoms. The highest BCUT2D eigenvalue weighted by Crippen LogP contribution is 2.31. The molecule has 6 rings (SSSR count). The molecule has 0 unspecified atom stereocenters. The van der Waals surface area contributed by atoms with Crippen LogP contribution in [0.4, 0.5) is 23.0 Å². The number of benzene rings is 2. The van der Waals surface area contributed by atoms with E-state index in [0.29, 0.717) is 50.2 Å². The maximum absolute atomic E-state index is 12.6. The molecule has 1 amide bonds. The molecule has 0 saturated carbocycles. The first-order valence-corrected chi connectivity index (χ1v) is 12.3. The van der Waals surface area contributed by atoms with Crippen molar-refractivity contribution in [3.63, 3.8) is 0 Å². The van der Waals surface area contributed by atoms with Gasteiger partial charge in [0.15, 0.2) is 0 Å². The van der Waals surface area contributed by atoms with Crippen LogP contribution in [0.15, 0.2) is 48.7 Å². The first-order chi connectivity index (χ1) is 18.1. The fraction of sp³-hybridized carbons (Fsp3) is 0.346. The van der Waals surface area contributed by atoms with Gasteiger partial charge in [-0.05, 0) is 54.8 Å². The Hall–Kier alpha value is -4.09. The van der Waals surface area contributed by atoms with E-state index in [2.05, 4.69) is 31.6 Å². The first kappa shape index (κ1) is 24.6. The van der Waals surface area contributed by atoms with Gasteiger partial charge in [-0.1, -0.05) is 0 Å². The van der Waals surface area contributed by atoms with Crippen LogP contribution in [-0.4, -0.2) is 60.3 Å². The van der Waals surface area contributed by atoms with E-state index in [-0.39, 0.29) is 17.2 Å². The molecule has 0 spiro atoms. The van der Waals surface area contributed by atoms with Crippen LogP contribution in [0.3, 0.4) is 0 Å². The van der Waals surface area contributed by atoms with Gasteiger partial charge < -0.3 is 25.0 Å². The number of fused-ring (bicyclic) bond motifs is 9. The third kappa shape index (κ3) is 6.01. The molecule has 3 aliphatic rings. The van der Waals surface area contributed by atoms with Gasteiger partial charge in [0.2, 0.25) is 5.95 Å². The number of nitro benzene ring substituents is 1. The maximum Gasteiger partial charge on any atom is 0.279 e. The van der Waals surface area contributed by atoms with Crippen LogP contribution in [0.5, 0.6) is 0 Å². The molecule has 1 aromatic heterocycles. The molecule has 0 atom stereocenters. The predicted octanol–water partition coefficient (Wildman–Crippen LogP) is 3.67. The second-order valence-electron chi connectivity index (χ2n) is 8.88. The monoisotopic (exact) mass is 504 g/mol. The fourth-order valence-electron chi connectivity index (χ4n) is 4.40. The smallest absolute Gasteiger partial charge is 0.279 e. The molecule has 37 heavy (non-hydrogen) atoms. The molecule has 6 bridgehead atoms. The Balaban J connectivity index is 1.52. The van der Waals surface area contributed by atoms with E-state index in [1.54, 1.807) is 24.4 Å². The van der Waals surface area contributed by atoms with E-state index in [4.69, 9.17) is 9.47 Å². The number of carbonyl (C=O) groups is 1. The summed E-state index contributed by atoms with van der Waals surface area (Å²) in [6, 6.07) is 12.2. The van der Waals surface area contributed by atoms with E-state index in [1.165, 1.54) is 6.07 Å². The number of anilines is 3. The number of morpholine rings is 1. The number of carbonyl (C=O) groups excluding carboxylic acids is 1. The van der Waals surface area contributed by atoms with Crippen molar-refractivity contribution in [1.29, 1.82) is 0 Å². The molecular weight excluding hydrogens is 476 g/mol. The van der Waals surface area contributed by atoms with Crippen molar-refractivity contribution in [3.05, 3.63) is 69.9 Å². The highest BCUT2D eigenvalue weighted by molar-refractivity contribution is 5.96. The van der Waals surface area contributed by atoms with E-state index >= 15 is 0 Å². The third-order valence-corrected chi connectivity index (χ3v) is 6.27. The lowest BCUT2D eigenvalue weighted by Crippen LogP contribution is -2.36. The second-order valence-corrected chi connectivity index (χ2v) is 8.88. The maximum atomic E-state index is 12.6. The largest absolute Gasteiger partial charge is 0.378 e. The Morgan fingerprint density at radius 1 is 1.00 bits per heavy atom. The number of hydrogen-bond donors (Lipinski definition) is 2. The van der Waals surface area contributed by atoms with Gasteiger partial charge in [0.1, 0.15) is 0 Å². The average molecular weight is 505 g/mol. The molecular formula is C26H28N6O5. The molecule has 192 valence electrons. The average Bonchev–Trinajstić information content (AvgIpc) is 2.92. The number of hydrogen-bond acceptors (Lipinski definition) is 9. The standard InChI is InChI=1S/C26H28N6O5/c33-25-19-3-4-22(24(15-19)32(34)35)23-5-7-28-26(30-23)29-20-13-18(17-37-10-2-1-6-27-25)14-21(16-20)31-8-11-36-12-9-31/h3-5,7,13-16H,1-2,6,8-12,17H2,(H,27,33)(H,28,29,30). The van der Waals surface area contributed by atoms with Gasteiger partial charge in [-0.25, -0.2) is 9.97 Å². The van der Waals surface area contributed by atoms with Gasteiger partial charge >= 0.3 is 0 Å². The van der Waals surface area contributed by atoms with Gasteiger partial charge in [0.25, 0.3) is 11.6 Å². The third-order valence-electron chi connectivity index (χ3n) is 6.27. The first-order valence-electron chi connectivity index (χ1n) is 12.3. The Morgan fingerprint density at radius 2 is 1.86 bits per heavy atom. The number of nitro groups is 1. The van der Waals surface area contributed by atoms with E-state index in [9.17, 15) is 14.9 Å². The minimum atomic E-state index is -0.501. The molecule has 1 saturated heterocycles. The van der Waals surface area contributed by atoms with Gasteiger partial charge in [-0.2, -0.15) is 0 Å². The van der Waals surface area contributed by atoms with Crippen molar-refractivity contribution in [2.75, 3.05) is 49.7 Å². The van der Waals surface area contributed by atoms with Gasteiger partial charge in [-0.15, -0.1) is 0 Å². The van der Waals surface area contributed by atoms with Crippen molar-refractivity contribution in [2.45, 2.75) is 19.4 Å². The summed E-state index contributed by atoms with van der Waals surface area (Å²) in [6.07, 6.45) is 3.05. The number of aromatic nitrogens is 2. The molecule has 11 nitrogen and oxygen atoms in total. The Kier molecular flexibility index (Phi) is 7.52. The fourth-order valence-corrected chi connectivity index (χ4v) is 4.40. The van der Waals surface area contributed by atoms with Crippen LogP contribution in [0.1, 0.15) is 28.8 Å². The molecule has 2 N–H and O–H groups in total. The zero-order valence-corrected chi connectivity index (χ0v) is 20.3. The lowest BCUT2D eigenvalue weighted by atomic mass is 10.1. The molecule has 3 aliphatic heterocycles. The minimum Gasteiger partial charge on any atom is -0.378 e. The SMILES string of the molecule is O=C1NCCCCOCc2cc(cc(N3CCOCC3)c2)Nc2nccc(n2)-c2ccc1cc2[N+](=O)[O-]. The summed E-state index contributed by atoms with van der Waals surface area (Å²) in [5.41, 5.74) is 3.55. The summed E-state index contributed by atoms with van der Waals surface area (Å²) in [5, 5.41) is 17.9. The van der Waals surface area contributed by atoms with Crippen molar-refractivity contribution in [3.8, 4) is 11.3 Å². The number of amides is 1. The summed E-state index contributed by atoms with van der Waals surface area (Å²) in [4.78, 5) is 35.1. The van der Waals surface area contributed by atoms with Crippen LogP contribution >= 0.6 is 0 Å². The summed E-state index contributed by atoms with van der Waals surface area (Å²) < 4.78 is 11.4. The van der Waals surface area contributed by atoms with Crippen molar-refractivity contribution >= 4 is 28.9 Å². The van der Waals surface area contributed by atoms with Crippen LogP contribution in [0, 0.1) is 10.1 Å². The second kappa shape index (κ2) is 11.3. The lowest BCUT2D eigenvalue weighted by Gasteiger charge is -2.29. The normalized spacial score (nSPS) is 16.6. The Morgan fingerprint density at radius 3 is 2.70 bits per heavy atom. The summed E-state index contributed by atoms with van der Waals surface area (Å²) in [6.45, 7) is 4.36. The summed E-state index contributed by atoms with van der Waals surface area (Å²) >= 11 is 0. The van der Waals surface area contributed by atoms with Crippen molar-refractivity contribution in [1.82, 2.24) is 15.3 Å². The quantitative estimate of drug-likeness (QED) is 0.396. The van der Waals surface area contributed by atoms with Gasteiger partial charge in [0, 0.05) is 55.4 Å². The van der Waals surface area contributed by atoms with Crippen LogP contribution in [-0.2, 0) is 16.1 Å². The van der Waals surface area contributed by atoms with Crippen LogP contribution < -0.4 is 15.5 Å². The van der Waals surface area contributed by atoms with Gasteiger partial charge in [-0.3, -0.25) is 14.9 Å². The minimum absolute atomic E-state index is 0.194.